The van der Waals surface area contributed by atoms with Crippen LogP contribution in [0.5, 0.6) is 0 Å². The lowest BCUT2D eigenvalue weighted by Crippen LogP contribution is -2.42. The van der Waals surface area contributed by atoms with Crippen molar-refractivity contribution < 1.29 is 5.11 Å². The number of nitrogens with zero attached hydrogens (tertiary/aromatic N) is 1. The van der Waals surface area contributed by atoms with E-state index in [0.717, 1.165) is 44.8 Å². The van der Waals surface area contributed by atoms with E-state index in [1.165, 1.54) is 0 Å². The average molecular weight is 602 g/mol. The van der Waals surface area contributed by atoms with E-state index in [4.69, 9.17) is 0 Å². The summed E-state index contributed by atoms with van der Waals surface area (Å²) >= 11 is 0. The molecule has 0 saturated carbocycles. The molecule has 0 spiro atoms. The average Bonchev–Trinajstić information content (AvgIpc) is 2.85. The van der Waals surface area contributed by atoms with Gasteiger partial charge in [-0.2, -0.15) is 5.09 Å². The Hall–Kier alpha value is 0.310. The van der Waals surface area contributed by atoms with Crippen molar-refractivity contribution in [2.75, 3.05) is 39.3 Å². The van der Waals surface area contributed by atoms with Crippen LogP contribution in [0.25, 0.3) is 0 Å². The van der Waals surface area contributed by atoms with E-state index in [1.807, 2.05) is 18.2 Å². The van der Waals surface area contributed by atoms with Crippen LogP contribution in [0.15, 0.2) is 30.3 Å². The molecule has 0 amide bonds. The first-order chi connectivity index (χ1) is 18.2. The van der Waals surface area contributed by atoms with Gasteiger partial charge < -0.3 is 5.11 Å². The zero-order valence-corrected chi connectivity index (χ0v) is 30.1. The molecule has 0 radical (unpaired) electrons. The van der Waals surface area contributed by atoms with Crippen molar-refractivity contribution in [1.29, 1.82) is 0 Å². The molecule has 0 aliphatic heterocycles. The van der Waals surface area contributed by atoms with Crippen LogP contribution in [-0.4, -0.2) is 83.2 Å². The molecule has 4 N–H and O–H groups in total. The van der Waals surface area contributed by atoms with E-state index in [9.17, 15) is 5.11 Å². The van der Waals surface area contributed by atoms with E-state index < -0.39 is 13.3 Å². The van der Waals surface area contributed by atoms with Crippen molar-refractivity contribution in [2.45, 2.75) is 123 Å². The molecule has 39 heavy (non-hydrogen) atoms. The Balaban J connectivity index is 2.97. The van der Waals surface area contributed by atoms with Crippen molar-refractivity contribution in [2.24, 2.45) is 0 Å². The van der Waals surface area contributed by atoms with Crippen LogP contribution >= 0.6 is 23.6 Å². The quantitative estimate of drug-likeness (QED) is 0.114. The summed E-state index contributed by atoms with van der Waals surface area (Å²) in [6, 6.07) is 10.3. The molecular formula is C31H64N4OP3+. The highest BCUT2D eigenvalue weighted by molar-refractivity contribution is 7.75. The van der Waals surface area contributed by atoms with Crippen molar-refractivity contribution in [3.05, 3.63) is 35.9 Å². The Morgan fingerprint density at radius 3 is 1.38 bits per heavy atom. The topological polar surface area (TPSA) is 59.6 Å². The molecule has 0 aliphatic rings. The van der Waals surface area contributed by atoms with Gasteiger partial charge in [0.25, 0.3) is 0 Å². The van der Waals surface area contributed by atoms with E-state index in [1.54, 1.807) is 0 Å². The third kappa shape index (κ3) is 11.8. The van der Waals surface area contributed by atoms with Crippen LogP contribution in [0.2, 0.25) is 0 Å². The van der Waals surface area contributed by atoms with Crippen molar-refractivity contribution in [3.63, 3.8) is 0 Å². The van der Waals surface area contributed by atoms with Gasteiger partial charge in [-0.3, -0.25) is 15.1 Å². The number of aliphatic hydroxyl groups is 1. The number of hydrogen-bond acceptors (Lipinski definition) is 5. The van der Waals surface area contributed by atoms with Gasteiger partial charge in [0.05, 0.1) is 11.3 Å². The van der Waals surface area contributed by atoms with Crippen molar-refractivity contribution >= 4 is 23.6 Å². The molecule has 1 aromatic carbocycles. The molecular weight excluding hydrogens is 537 g/mol. The molecule has 0 saturated heterocycles. The summed E-state index contributed by atoms with van der Waals surface area (Å²) in [5, 5.41) is 23.6. The molecule has 1 unspecified atom stereocenters. The third-order valence-electron chi connectivity index (χ3n) is 7.70. The Kier molecular flexibility index (Phi) is 18.0. The van der Waals surface area contributed by atoms with Crippen LogP contribution in [0, 0.1) is 0 Å². The molecule has 0 aromatic heterocycles. The molecule has 0 aliphatic carbocycles. The monoisotopic (exact) mass is 601 g/mol. The van der Waals surface area contributed by atoms with Crippen LogP contribution in [-0.2, 0) is 0 Å². The van der Waals surface area contributed by atoms with Gasteiger partial charge in [0.2, 0.25) is 5.85 Å². The lowest BCUT2D eigenvalue weighted by molar-refractivity contribution is 0.252. The predicted octanol–water partition coefficient (Wildman–Crippen LogP) is 7.93. The third-order valence-corrected chi connectivity index (χ3v) is 18.6. The molecule has 8 heteroatoms. The van der Waals surface area contributed by atoms with Gasteiger partial charge in [-0.1, -0.05) is 85.7 Å². The highest BCUT2D eigenvalue weighted by Crippen LogP contribution is 2.71. The zero-order chi connectivity index (χ0) is 29.8. The van der Waals surface area contributed by atoms with Gasteiger partial charge in [-0.25, -0.2) is 0 Å². The molecule has 1 atom stereocenters. The highest BCUT2D eigenvalue weighted by Gasteiger charge is 2.52. The first-order valence-electron chi connectivity index (χ1n) is 15.4. The standard InChI is InChI=1S/C31H64N4OP3/c1-24(2)37(25(3)4)32-18-21-35(22-19-33-38(26(5)6)27(7)8)23-20-34-39(28(9)10,29(11)12)31(36)30-16-14-13-15-17-30/h13-17,24-29,31-34,36H,18-23H2,1-12H3/q+1. The Morgan fingerprint density at radius 1 is 0.641 bits per heavy atom. The van der Waals surface area contributed by atoms with Crippen LogP contribution in [0.4, 0.5) is 0 Å². The summed E-state index contributed by atoms with van der Waals surface area (Å²) in [5.74, 6) is -0.447. The summed E-state index contributed by atoms with van der Waals surface area (Å²) < 4.78 is 0. The number of nitrogens with one attached hydrogen (secondary N) is 3. The summed E-state index contributed by atoms with van der Waals surface area (Å²) in [5.41, 5.74) is 4.60. The maximum absolute atomic E-state index is 11.7. The largest absolute Gasteiger partial charge is 0.354 e. The van der Waals surface area contributed by atoms with Crippen molar-refractivity contribution in [1.82, 2.24) is 20.2 Å². The van der Waals surface area contributed by atoms with Crippen LogP contribution < -0.4 is 15.3 Å². The Bertz CT molecular complexity index is 711. The van der Waals surface area contributed by atoms with E-state index in [2.05, 4.69) is 115 Å². The summed E-state index contributed by atoms with van der Waals surface area (Å²) in [7, 11) is -2.22. The van der Waals surface area contributed by atoms with E-state index >= 15 is 0 Å². The number of benzene rings is 1. The maximum Gasteiger partial charge on any atom is 0.206 e. The summed E-state index contributed by atoms with van der Waals surface area (Å²) in [6.45, 7) is 34.0. The molecule has 5 nitrogen and oxygen atoms in total. The first-order valence-corrected chi connectivity index (χ1v) is 20.3. The summed E-state index contributed by atoms with van der Waals surface area (Å²) in [4.78, 5) is 2.62. The fourth-order valence-electron chi connectivity index (χ4n) is 5.82. The van der Waals surface area contributed by atoms with E-state index in [-0.39, 0.29) is 16.1 Å². The molecule has 0 fully saturated rings. The fourth-order valence-corrected chi connectivity index (χ4v) is 14.8. The molecule has 0 heterocycles. The number of aliphatic hydroxyl groups excluding tert-OH is 1. The number of hydrogen-bond donors (Lipinski definition) is 4. The smallest absolute Gasteiger partial charge is 0.206 e. The second-order valence-corrected chi connectivity index (χ2v) is 23.5. The SMILES string of the molecule is CC(C)P(NCCN(CCNP(C(C)C)C(C)C)CCN[P+](C(C)C)(C(C)C)C(O)c1ccccc1)C(C)C. The van der Waals surface area contributed by atoms with Gasteiger partial charge in [0.1, 0.15) is 7.41 Å². The first kappa shape index (κ1) is 37.3. The second kappa shape index (κ2) is 18.8. The fraction of sp³-hybridized carbons (Fsp3) is 0.806. The normalized spacial score (nSPS) is 14.1. The van der Waals surface area contributed by atoms with Gasteiger partial charge in [0.15, 0.2) is 0 Å². The number of rotatable bonds is 20. The zero-order valence-electron chi connectivity index (χ0n) is 27.4. The second-order valence-electron chi connectivity index (χ2n) is 12.6. The minimum absolute atomic E-state index is 0.165. The predicted molar refractivity (Wildman–Crippen MR) is 183 cm³/mol. The minimum Gasteiger partial charge on any atom is -0.354 e. The van der Waals surface area contributed by atoms with Gasteiger partial charge in [-0.15, -0.1) is 0 Å². The van der Waals surface area contributed by atoms with E-state index in [0.29, 0.717) is 34.0 Å². The Morgan fingerprint density at radius 2 is 1.03 bits per heavy atom. The van der Waals surface area contributed by atoms with Gasteiger partial charge in [-0.05, 0) is 66.5 Å². The highest BCUT2D eigenvalue weighted by atomic mass is 31.2. The van der Waals surface area contributed by atoms with Crippen LogP contribution in [0.3, 0.4) is 0 Å². The van der Waals surface area contributed by atoms with Gasteiger partial charge in [0, 0.05) is 44.8 Å². The Labute approximate surface area is 246 Å². The summed E-state index contributed by atoms with van der Waals surface area (Å²) in [6.07, 6.45) is 0. The molecule has 1 aromatic rings. The van der Waals surface area contributed by atoms with Crippen LogP contribution in [0.1, 0.15) is 94.5 Å². The maximum atomic E-state index is 11.7. The molecule has 1 rings (SSSR count). The minimum atomic E-state index is -1.89. The molecule has 228 valence electrons. The van der Waals surface area contributed by atoms with Gasteiger partial charge >= 0.3 is 0 Å². The molecule has 0 bridgehead atoms. The van der Waals surface area contributed by atoms with Crippen molar-refractivity contribution in [3.8, 4) is 0 Å². The lowest BCUT2D eigenvalue weighted by atomic mass is 10.2. The lowest BCUT2D eigenvalue weighted by Gasteiger charge is -2.39.